The molecule has 0 bridgehead atoms. The van der Waals surface area contributed by atoms with Crippen LogP contribution in [-0.2, 0) is 10.0 Å². The van der Waals surface area contributed by atoms with Gasteiger partial charge in [0.1, 0.15) is 5.75 Å². The highest BCUT2D eigenvalue weighted by Gasteiger charge is 2.29. The first kappa shape index (κ1) is 19.6. The van der Waals surface area contributed by atoms with Crippen LogP contribution in [-0.4, -0.2) is 56.0 Å². The third kappa shape index (κ3) is 4.58. The van der Waals surface area contributed by atoms with E-state index in [1.54, 1.807) is 31.4 Å². The molecule has 1 N–H and O–H groups in total. The predicted octanol–water partition coefficient (Wildman–Crippen LogP) is 2.71. The lowest BCUT2D eigenvalue weighted by Crippen LogP contribution is -2.51. The van der Waals surface area contributed by atoms with Gasteiger partial charge < -0.3 is 15.0 Å². The van der Waals surface area contributed by atoms with Crippen LogP contribution in [0, 0.1) is 6.92 Å². The highest BCUT2D eigenvalue weighted by Crippen LogP contribution is 2.21. The van der Waals surface area contributed by atoms with Crippen LogP contribution in [0.3, 0.4) is 0 Å². The third-order valence-corrected chi connectivity index (χ3v) is 6.80. The minimum absolute atomic E-state index is 0.275. The van der Waals surface area contributed by atoms with Crippen molar-refractivity contribution in [2.75, 3.05) is 38.6 Å². The van der Waals surface area contributed by atoms with Gasteiger partial charge in [0.15, 0.2) is 5.11 Å². The fraction of sp³-hybridized carbons (Fsp3) is 0.316. The molecule has 0 amide bonds. The van der Waals surface area contributed by atoms with Crippen molar-refractivity contribution in [2.24, 2.45) is 0 Å². The van der Waals surface area contributed by atoms with Crippen LogP contribution < -0.4 is 10.1 Å². The van der Waals surface area contributed by atoms with Gasteiger partial charge >= 0.3 is 0 Å². The van der Waals surface area contributed by atoms with Gasteiger partial charge in [-0.2, -0.15) is 4.31 Å². The molecule has 0 aliphatic carbocycles. The van der Waals surface area contributed by atoms with Crippen LogP contribution >= 0.6 is 12.2 Å². The van der Waals surface area contributed by atoms with Gasteiger partial charge in [-0.25, -0.2) is 8.42 Å². The number of nitrogens with one attached hydrogen (secondary N) is 1. The topological polar surface area (TPSA) is 61.9 Å². The summed E-state index contributed by atoms with van der Waals surface area (Å²) < 4.78 is 32.2. The van der Waals surface area contributed by atoms with E-state index in [0.717, 1.165) is 5.69 Å². The summed E-state index contributed by atoms with van der Waals surface area (Å²) in [4.78, 5) is 2.27. The first-order valence-electron chi connectivity index (χ1n) is 8.67. The van der Waals surface area contributed by atoms with E-state index in [4.69, 9.17) is 17.0 Å². The van der Waals surface area contributed by atoms with Crippen molar-refractivity contribution in [2.45, 2.75) is 11.8 Å². The number of nitrogens with zero attached hydrogens (tertiary/aromatic N) is 2. The number of ether oxygens (including phenoxy) is 1. The Labute approximate surface area is 165 Å². The maximum atomic E-state index is 12.8. The number of aryl methyl sites for hydroxylation is 1. The van der Waals surface area contributed by atoms with Crippen LogP contribution in [0.1, 0.15) is 5.56 Å². The third-order valence-electron chi connectivity index (χ3n) is 4.53. The lowest BCUT2D eigenvalue weighted by Gasteiger charge is -2.35. The summed E-state index contributed by atoms with van der Waals surface area (Å²) in [5.41, 5.74) is 2.11. The number of anilines is 1. The molecule has 144 valence electrons. The molecule has 1 saturated heterocycles. The zero-order valence-corrected chi connectivity index (χ0v) is 17.0. The molecule has 2 aromatic carbocycles. The number of hydrogen-bond acceptors (Lipinski definition) is 4. The summed E-state index contributed by atoms with van der Waals surface area (Å²) in [6.07, 6.45) is 0. The van der Waals surface area contributed by atoms with E-state index in [1.165, 1.54) is 9.87 Å². The van der Waals surface area contributed by atoms with Crippen molar-refractivity contribution in [3.8, 4) is 5.75 Å². The number of sulfonamides is 1. The van der Waals surface area contributed by atoms with E-state index in [0.29, 0.717) is 37.0 Å². The highest BCUT2D eigenvalue weighted by molar-refractivity contribution is 7.89. The average Bonchev–Trinajstić information content (AvgIpc) is 2.70. The quantitative estimate of drug-likeness (QED) is 0.790. The summed E-state index contributed by atoms with van der Waals surface area (Å²) in [6.45, 7) is 3.92. The van der Waals surface area contributed by atoms with Crippen molar-refractivity contribution >= 4 is 33.0 Å². The molecule has 8 heteroatoms. The monoisotopic (exact) mass is 405 g/mol. The number of methoxy groups -OCH3 is 1. The molecule has 0 spiro atoms. The van der Waals surface area contributed by atoms with Crippen molar-refractivity contribution in [1.82, 2.24) is 9.21 Å². The summed E-state index contributed by atoms with van der Waals surface area (Å²) >= 11 is 5.47. The van der Waals surface area contributed by atoms with Crippen LogP contribution in [0.5, 0.6) is 5.75 Å². The van der Waals surface area contributed by atoms with Crippen LogP contribution in [0.2, 0.25) is 0 Å². The second-order valence-corrected chi connectivity index (χ2v) is 8.69. The van der Waals surface area contributed by atoms with E-state index >= 15 is 0 Å². The summed E-state index contributed by atoms with van der Waals surface area (Å²) in [7, 11) is -1.96. The Hall–Kier alpha value is -2.16. The van der Waals surface area contributed by atoms with E-state index < -0.39 is 10.0 Å². The Kier molecular flexibility index (Phi) is 5.98. The molecular weight excluding hydrogens is 382 g/mol. The van der Waals surface area contributed by atoms with Gasteiger partial charge in [0.2, 0.25) is 10.0 Å². The highest BCUT2D eigenvalue weighted by atomic mass is 32.2. The minimum Gasteiger partial charge on any atom is -0.497 e. The molecule has 2 aromatic rings. The fourth-order valence-corrected chi connectivity index (χ4v) is 4.59. The molecule has 0 atom stereocenters. The normalized spacial score (nSPS) is 15.4. The Morgan fingerprint density at radius 1 is 1.00 bits per heavy atom. The van der Waals surface area contributed by atoms with Gasteiger partial charge in [-0.15, -0.1) is 0 Å². The summed E-state index contributed by atoms with van der Waals surface area (Å²) in [5.74, 6) is 0.631. The molecule has 1 aliphatic rings. The maximum absolute atomic E-state index is 12.8. The first-order valence-corrected chi connectivity index (χ1v) is 10.5. The molecule has 0 saturated carbocycles. The van der Waals surface area contributed by atoms with Gasteiger partial charge in [0.25, 0.3) is 0 Å². The van der Waals surface area contributed by atoms with Gasteiger partial charge in [-0.05, 0) is 55.5 Å². The number of hydrogen-bond donors (Lipinski definition) is 1. The van der Waals surface area contributed by atoms with E-state index in [2.05, 4.69) is 5.32 Å². The molecule has 3 rings (SSSR count). The van der Waals surface area contributed by atoms with E-state index in [1.807, 2.05) is 36.1 Å². The maximum Gasteiger partial charge on any atom is 0.243 e. The van der Waals surface area contributed by atoms with Gasteiger partial charge in [-0.3, -0.25) is 0 Å². The lowest BCUT2D eigenvalue weighted by molar-refractivity contribution is 0.268. The number of thiocarbonyl (C=S) groups is 1. The molecule has 0 aromatic heterocycles. The van der Waals surface area contributed by atoms with Crippen molar-refractivity contribution in [1.29, 1.82) is 0 Å². The number of piperazine rings is 1. The smallest absolute Gasteiger partial charge is 0.243 e. The van der Waals surface area contributed by atoms with E-state index in [9.17, 15) is 8.42 Å². The largest absolute Gasteiger partial charge is 0.497 e. The van der Waals surface area contributed by atoms with Gasteiger partial charge in [-0.1, -0.05) is 17.7 Å². The molecular formula is C19H23N3O3S2. The molecule has 6 nitrogen and oxygen atoms in total. The predicted molar refractivity (Wildman–Crippen MR) is 111 cm³/mol. The molecule has 27 heavy (non-hydrogen) atoms. The SMILES string of the molecule is COc1ccc(S(=O)(=O)N2CCN(C(=S)Nc3ccc(C)cc3)CC2)cc1. The Morgan fingerprint density at radius 3 is 2.15 bits per heavy atom. The second-order valence-electron chi connectivity index (χ2n) is 6.36. The zero-order valence-electron chi connectivity index (χ0n) is 15.4. The lowest BCUT2D eigenvalue weighted by atomic mass is 10.2. The van der Waals surface area contributed by atoms with Gasteiger partial charge in [0, 0.05) is 31.9 Å². The van der Waals surface area contributed by atoms with Crippen LogP contribution in [0.25, 0.3) is 0 Å². The van der Waals surface area contributed by atoms with Crippen molar-refractivity contribution < 1.29 is 13.2 Å². The average molecular weight is 406 g/mol. The molecule has 1 fully saturated rings. The minimum atomic E-state index is -3.51. The van der Waals surface area contributed by atoms with E-state index in [-0.39, 0.29) is 4.90 Å². The summed E-state index contributed by atoms with van der Waals surface area (Å²) in [5, 5.41) is 3.82. The van der Waals surface area contributed by atoms with Crippen molar-refractivity contribution in [3.05, 3.63) is 54.1 Å². The summed E-state index contributed by atoms with van der Waals surface area (Å²) in [6, 6.07) is 14.5. The Balaban J connectivity index is 1.60. The van der Waals surface area contributed by atoms with Crippen molar-refractivity contribution in [3.63, 3.8) is 0 Å². The number of rotatable bonds is 4. The molecule has 1 heterocycles. The number of benzene rings is 2. The molecule has 0 unspecified atom stereocenters. The van der Waals surface area contributed by atoms with Crippen LogP contribution in [0.15, 0.2) is 53.4 Å². The first-order chi connectivity index (χ1) is 12.9. The fourth-order valence-electron chi connectivity index (χ4n) is 2.87. The molecule has 0 radical (unpaired) electrons. The van der Waals surface area contributed by atoms with Gasteiger partial charge in [0.05, 0.1) is 12.0 Å². The second kappa shape index (κ2) is 8.24. The molecule has 1 aliphatic heterocycles. The standard InChI is InChI=1S/C19H23N3O3S2/c1-15-3-5-16(6-4-15)20-19(26)21-11-13-22(14-12-21)27(23,24)18-9-7-17(25-2)8-10-18/h3-10H,11-14H2,1-2H3,(H,20,26). The Morgan fingerprint density at radius 2 is 1.59 bits per heavy atom. The zero-order chi connectivity index (χ0) is 19.4. The van der Waals surface area contributed by atoms with Crippen LogP contribution in [0.4, 0.5) is 5.69 Å². The Bertz CT molecular complexity index is 889.